The van der Waals surface area contributed by atoms with Crippen LogP contribution in [0.4, 0.5) is 0 Å². The van der Waals surface area contributed by atoms with Crippen LogP contribution < -0.4 is 5.32 Å². The summed E-state index contributed by atoms with van der Waals surface area (Å²) in [6.07, 6.45) is 2.27. The average molecular weight is 287 g/mol. The fourth-order valence-corrected chi connectivity index (χ4v) is 2.47. The van der Waals surface area contributed by atoms with Gasteiger partial charge >= 0.3 is 5.97 Å². The van der Waals surface area contributed by atoms with Crippen molar-refractivity contribution in [3.63, 3.8) is 0 Å². The lowest BCUT2D eigenvalue weighted by Gasteiger charge is -2.16. The van der Waals surface area contributed by atoms with E-state index in [9.17, 15) is 9.59 Å². The van der Waals surface area contributed by atoms with Gasteiger partial charge in [0.2, 0.25) is 0 Å². The first-order chi connectivity index (χ1) is 10.2. The molecule has 1 heterocycles. The highest BCUT2D eigenvalue weighted by atomic mass is 16.5. The van der Waals surface area contributed by atoms with Crippen LogP contribution in [0, 0.1) is 5.92 Å². The number of rotatable bonds is 5. The molecule has 1 atom stereocenters. The molecule has 0 aliphatic heterocycles. The zero-order valence-corrected chi connectivity index (χ0v) is 11.8. The molecular formula is C15H17N3O3. The number of H-pyrrole nitrogens is 1. The van der Waals surface area contributed by atoms with Crippen LogP contribution in [0.25, 0.3) is 10.9 Å². The maximum Gasteiger partial charge on any atom is 0.307 e. The third-order valence-electron chi connectivity index (χ3n) is 3.81. The molecule has 2 N–H and O–H groups in total. The zero-order chi connectivity index (χ0) is 14.8. The number of aromatic nitrogens is 2. The van der Waals surface area contributed by atoms with Crippen LogP contribution in [0.3, 0.4) is 0 Å². The molecule has 2 aromatic rings. The van der Waals surface area contributed by atoms with E-state index in [1.807, 2.05) is 24.3 Å². The van der Waals surface area contributed by atoms with Crippen LogP contribution in [0.2, 0.25) is 0 Å². The first-order valence-electron chi connectivity index (χ1n) is 7.00. The molecule has 0 spiro atoms. The predicted molar refractivity (Wildman–Crippen MR) is 76.7 cm³/mol. The molecule has 1 unspecified atom stereocenters. The van der Waals surface area contributed by atoms with Crippen molar-refractivity contribution in [3.8, 4) is 0 Å². The molecule has 0 saturated heterocycles. The fraction of sp³-hybridized carbons (Fsp3) is 0.400. The molecular weight excluding hydrogens is 270 g/mol. The number of fused-ring (bicyclic) bond motifs is 1. The summed E-state index contributed by atoms with van der Waals surface area (Å²) in [5.41, 5.74) is 1.18. The van der Waals surface area contributed by atoms with E-state index in [4.69, 9.17) is 0 Å². The first kappa shape index (κ1) is 13.6. The van der Waals surface area contributed by atoms with E-state index in [1.165, 1.54) is 7.11 Å². The van der Waals surface area contributed by atoms with Crippen LogP contribution in [0.1, 0.15) is 29.8 Å². The van der Waals surface area contributed by atoms with Crippen molar-refractivity contribution < 1.29 is 14.3 Å². The van der Waals surface area contributed by atoms with Crippen molar-refractivity contribution in [1.82, 2.24) is 15.5 Å². The highest BCUT2D eigenvalue weighted by Crippen LogP contribution is 2.34. The number of aromatic amines is 1. The monoisotopic (exact) mass is 287 g/mol. The van der Waals surface area contributed by atoms with Crippen LogP contribution in [0.15, 0.2) is 24.3 Å². The van der Waals surface area contributed by atoms with Crippen molar-refractivity contribution in [1.29, 1.82) is 0 Å². The van der Waals surface area contributed by atoms with Gasteiger partial charge in [-0.1, -0.05) is 18.2 Å². The number of para-hydroxylation sites is 1. The molecule has 1 saturated carbocycles. The van der Waals surface area contributed by atoms with Crippen LogP contribution >= 0.6 is 0 Å². The number of methoxy groups -OCH3 is 1. The lowest BCUT2D eigenvalue weighted by molar-refractivity contribution is -0.141. The highest BCUT2D eigenvalue weighted by Gasteiger charge is 2.34. The third kappa shape index (κ3) is 2.89. The maximum atomic E-state index is 12.4. The molecule has 0 radical (unpaired) electrons. The molecule has 1 fully saturated rings. The van der Waals surface area contributed by atoms with E-state index in [1.54, 1.807) is 0 Å². The molecule has 1 aliphatic carbocycles. The van der Waals surface area contributed by atoms with E-state index < -0.39 is 0 Å². The molecule has 3 rings (SSSR count). The third-order valence-corrected chi connectivity index (χ3v) is 3.81. The van der Waals surface area contributed by atoms with Gasteiger partial charge < -0.3 is 10.1 Å². The van der Waals surface area contributed by atoms with Gasteiger partial charge in [-0.2, -0.15) is 5.10 Å². The number of amides is 1. The Bertz CT molecular complexity index is 676. The van der Waals surface area contributed by atoms with Crippen molar-refractivity contribution in [2.24, 2.45) is 5.92 Å². The summed E-state index contributed by atoms with van der Waals surface area (Å²) in [7, 11) is 1.36. The highest BCUT2D eigenvalue weighted by molar-refractivity contribution is 6.04. The van der Waals surface area contributed by atoms with Crippen molar-refractivity contribution >= 4 is 22.8 Å². The second-order valence-corrected chi connectivity index (χ2v) is 5.32. The summed E-state index contributed by atoms with van der Waals surface area (Å²) >= 11 is 0. The Balaban J connectivity index is 1.76. The number of carbonyl (C=O) groups is 2. The molecule has 21 heavy (non-hydrogen) atoms. The van der Waals surface area contributed by atoms with Crippen LogP contribution in [0.5, 0.6) is 0 Å². The molecule has 0 bridgehead atoms. The summed E-state index contributed by atoms with van der Waals surface area (Å²) in [6.45, 7) is 0. The predicted octanol–water partition coefficient (Wildman–Crippen LogP) is 1.63. The number of ether oxygens (including phenoxy) is 1. The number of carbonyl (C=O) groups excluding carboxylic acids is 2. The molecule has 1 amide bonds. The topological polar surface area (TPSA) is 84.1 Å². The molecule has 110 valence electrons. The Morgan fingerprint density at radius 2 is 2.19 bits per heavy atom. The SMILES string of the molecule is COC(=O)CC(NC(=O)c1n[nH]c2ccccc12)C1CC1. The molecule has 6 heteroatoms. The van der Waals surface area contributed by atoms with Crippen LogP contribution in [-0.4, -0.2) is 35.2 Å². The second kappa shape index (κ2) is 5.55. The lowest BCUT2D eigenvalue weighted by Crippen LogP contribution is -2.38. The van der Waals surface area contributed by atoms with Gasteiger partial charge in [0, 0.05) is 11.4 Å². The summed E-state index contributed by atoms with van der Waals surface area (Å²) in [5, 5.41) is 10.6. The number of benzene rings is 1. The lowest BCUT2D eigenvalue weighted by atomic mass is 10.1. The van der Waals surface area contributed by atoms with Gasteiger partial charge in [-0.15, -0.1) is 0 Å². The normalized spacial score (nSPS) is 15.7. The molecule has 1 aliphatic rings. The van der Waals surface area contributed by atoms with Gasteiger partial charge in [0.25, 0.3) is 5.91 Å². The van der Waals surface area contributed by atoms with Crippen molar-refractivity contribution in [2.75, 3.05) is 7.11 Å². The largest absolute Gasteiger partial charge is 0.469 e. The standard InChI is InChI=1S/C15H17N3O3/c1-21-13(19)8-12(9-6-7-9)16-15(20)14-10-4-2-3-5-11(10)17-18-14/h2-5,9,12H,6-8H2,1H3,(H,16,20)(H,17,18). The van der Waals surface area contributed by atoms with E-state index in [2.05, 4.69) is 20.3 Å². The van der Waals surface area contributed by atoms with Gasteiger partial charge in [0.15, 0.2) is 5.69 Å². The van der Waals surface area contributed by atoms with Crippen molar-refractivity contribution in [3.05, 3.63) is 30.0 Å². The maximum absolute atomic E-state index is 12.4. The Morgan fingerprint density at radius 3 is 2.90 bits per heavy atom. The molecule has 1 aromatic carbocycles. The Hall–Kier alpha value is -2.37. The number of nitrogens with one attached hydrogen (secondary N) is 2. The fourth-order valence-electron chi connectivity index (χ4n) is 2.47. The first-order valence-corrected chi connectivity index (χ1v) is 7.00. The smallest absolute Gasteiger partial charge is 0.307 e. The Kier molecular flexibility index (Phi) is 3.60. The van der Waals surface area contributed by atoms with E-state index >= 15 is 0 Å². The number of hydrogen-bond donors (Lipinski definition) is 2. The summed E-state index contributed by atoms with van der Waals surface area (Å²) in [6, 6.07) is 7.28. The zero-order valence-electron chi connectivity index (χ0n) is 11.8. The minimum atomic E-state index is -0.306. The number of esters is 1. The van der Waals surface area contributed by atoms with Gasteiger partial charge in [-0.25, -0.2) is 0 Å². The van der Waals surface area contributed by atoms with Gasteiger partial charge in [0.1, 0.15) is 0 Å². The van der Waals surface area contributed by atoms with Crippen molar-refractivity contribution in [2.45, 2.75) is 25.3 Å². The average Bonchev–Trinajstić information content (AvgIpc) is 3.25. The summed E-state index contributed by atoms with van der Waals surface area (Å²) in [4.78, 5) is 23.8. The quantitative estimate of drug-likeness (QED) is 0.819. The van der Waals surface area contributed by atoms with Gasteiger partial charge in [-0.05, 0) is 24.8 Å². The molecule has 1 aromatic heterocycles. The van der Waals surface area contributed by atoms with E-state index in [0.29, 0.717) is 11.6 Å². The van der Waals surface area contributed by atoms with E-state index in [-0.39, 0.29) is 24.3 Å². The molecule has 6 nitrogen and oxygen atoms in total. The second-order valence-electron chi connectivity index (χ2n) is 5.32. The van der Waals surface area contributed by atoms with Crippen LogP contribution in [-0.2, 0) is 9.53 Å². The van der Waals surface area contributed by atoms with E-state index in [0.717, 1.165) is 23.7 Å². The number of nitrogens with zero attached hydrogens (tertiary/aromatic N) is 1. The summed E-state index contributed by atoms with van der Waals surface area (Å²) < 4.78 is 4.69. The minimum Gasteiger partial charge on any atom is -0.469 e. The number of hydrogen-bond acceptors (Lipinski definition) is 4. The minimum absolute atomic E-state index is 0.180. The Morgan fingerprint density at radius 1 is 1.43 bits per heavy atom. The summed E-state index contributed by atoms with van der Waals surface area (Å²) in [5.74, 6) is -0.203. The van der Waals surface area contributed by atoms with Gasteiger partial charge in [0.05, 0.1) is 19.0 Å². The Labute approximate surface area is 121 Å². The van der Waals surface area contributed by atoms with Gasteiger partial charge in [-0.3, -0.25) is 14.7 Å².